The third-order valence-electron chi connectivity index (χ3n) is 5.01. The molecule has 2 aromatic carbocycles. The van der Waals surface area contributed by atoms with E-state index in [-0.39, 0.29) is 17.5 Å². The molecule has 1 unspecified atom stereocenters. The lowest BCUT2D eigenvalue weighted by molar-refractivity contribution is 0.103. The van der Waals surface area contributed by atoms with Crippen LogP contribution in [0.15, 0.2) is 48.5 Å². The molecule has 0 aliphatic rings. The maximum atomic E-state index is 12.9. The maximum Gasteiger partial charge on any atom is 0.234 e. The Morgan fingerprint density at radius 2 is 1.71 bits per heavy atom. The van der Waals surface area contributed by atoms with Gasteiger partial charge in [-0.1, -0.05) is 42.3 Å². The zero-order chi connectivity index (χ0) is 22.8. The molecule has 1 aromatic heterocycles. The molecule has 0 fully saturated rings. The fraction of sp³-hybridized carbons (Fsp3) is 0.227. The molecule has 0 spiro atoms. The van der Waals surface area contributed by atoms with Gasteiger partial charge in [-0.05, 0) is 54.4 Å². The number of carbonyl (C=O) groups excluding carboxylic acids is 1. The number of ketones is 1. The fourth-order valence-electron chi connectivity index (χ4n) is 3.22. The van der Waals surface area contributed by atoms with Crippen LogP contribution in [0.1, 0.15) is 45.7 Å². The van der Waals surface area contributed by atoms with Crippen molar-refractivity contribution >= 4 is 44.7 Å². The number of aromatic amines is 1. The van der Waals surface area contributed by atoms with Crippen LogP contribution >= 0.6 is 23.2 Å². The van der Waals surface area contributed by atoms with Crippen molar-refractivity contribution in [2.24, 2.45) is 0 Å². The minimum Gasteiger partial charge on any atom is -0.395 e. The molecule has 3 rings (SSSR count). The lowest BCUT2D eigenvalue weighted by atomic mass is 9.97. The highest BCUT2D eigenvalue weighted by Crippen LogP contribution is 2.34. The summed E-state index contributed by atoms with van der Waals surface area (Å²) in [7, 11) is -3.59. The monoisotopic (exact) mass is 480 g/mol. The molecule has 0 aliphatic carbocycles. The highest BCUT2D eigenvalue weighted by atomic mass is 35.5. The van der Waals surface area contributed by atoms with Crippen LogP contribution in [0, 0.1) is 6.92 Å². The summed E-state index contributed by atoms with van der Waals surface area (Å²) in [5.41, 5.74) is 3.57. The van der Waals surface area contributed by atoms with Crippen molar-refractivity contribution < 1.29 is 18.3 Å². The predicted molar refractivity (Wildman–Crippen MR) is 124 cm³/mol. The SMILES string of the molecule is Cc1c(C(=O)c2ccc(Cl)cc2)[nH]c(C(C)c2ccc(NS(=O)(=O)CCO)cc2)c1Cl. The lowest BCUT2D eigenvalue weighted by Crippen LogP contribution is -2.18. The largest absolute Gasteiger partial charge is 0.395 e. The van der Waals surface area contributed by atoms with Gasteiger partial charge in [-0.15, -0.1) is 0 Å². The molecule has 0 saturated heterocycles. The number of nitrogens with one attached hydrogen (secondary N) is 2. The number of aliphatic hydroxyl groups excluding tert-OH is 1. The molecule has 0 radical (unpaired) electrons. The van der Waals surface area contributed by atoms with Crippen molar-refractivity contribution in [2.45, 2.75) is 19.8 Å². The van der Waals surface area contributed by atoms with E-state index in [0.29, 0.717) is 38.2 Å². The van der Waals surface area contributed by atoms with Gasteiger partial charge in [-0.3, -0.25) is 9.52 Å². The van der Waals surface area contributed by atoms with Crippen molar-refractivity contribution in [3.05, 3.63) is 86.7 Å². The summed E-state index contributed by atoms with van der Waals surface area (Å²) in [4.78, 5) is 16.1. The van der Waals surface area contributed by atoms with Gasteiger partial charge in [0.1, 0.15) is 0 Å². The Balaban J connectivity index is 1.85. The molecule has 3 N–H and O–H groups in total. The van der Waals surface area contributed by atoms with Gasteiger partial charge in [0.2, 0.25) is 15.8 Å². The second kappa shape index (κ2) is 9.44. The van der Waals surface area contributed by atoms with Gasteiger partial charge in [0.05, 0.1) is 23.1 Å². The van der Waals surface area contributed by atoms with Crippen molar-refractivity contribution in [1.82, 2.24) is 4.98 Å². The minimum atomic E-state index is -3.59. The first-order valence-corrected chi connectivity index (χ1v) is 11.9. The molecule has 31 heavy (non-hydrogen) atoms. The Hall–Kier alpha value is -2.32. The van der Waals surface area contributed by atoms with Gasteiger partial charge in [0.25, 0.3) is 0 Å². The summed E-state index contributed by atoms with van der Waals surface area (Å²) >= 11 is 12.5. The molecule has 6 nitrogen and oxygen atoms in total. The number of rotatable bonds is 8. The Bertz CT molecular complexity index is 1190. The zero-order valence-electron chi connectivity index (χ0n) is 16.9. The Kier molecular flexibility index (Phi) is 7.11. The number of aromatic nitrogens is 1. The molecule has 9 heteroatoms. The highest BCUT2D eigenvalue weighted by molar-refractivity contribution is 7.92. The van der Waals surface area contributed by atoms with Crippen LogP contribution in [-0.2, 0) is 10.0 Å². The van der Waals surface area contributed by atoms with E-state index >= 15 is 0 Å². The average molecular weight is 481 g/mol. The van der Waals surface area contributed by atoms with Gasteiger partial charge in [0, 0.05) is 27.9 Å². The smallest absolute Gasteiger partial charge is 0.234 e. The molecular weight excluding hydrogens is 459 g/mol. The number of H-pyrrole nitrogens is 1. The summed E-state index contributed by atoms with van der Waals surface area (Å²) in [6.45, 7) is 3.28. The molecule has 0 bridgehead atoms. The van der Waals surface area contributed by atoms with Crippen molar-refractivity contribution in [2.75, 3.05) is 17.1 Å². The van der Waals surface area contributed by atoms with Crippen LogP contribution in [-0.4, -0.2) is 36.7 Å². The Morgan fingerprint density at radius 1 is 1.10 bits per heavy atom. The van der Waals surface area contributed by atoms with E-state index in [4.69, 9.17) is 28.3 Å². The molecule has 0 saturated carbocycles. The molecule has 1 atom stereocenters. The summed E-state index contributed by atoms with van der Waals surface area (Å²) in [5.74, 6) is -0.711. The number of hydrogen-bond donors (Lipinski definition) is 3. The van der Waals surface area contributed by atoms with Crippen molar-refractivity contribution in [3.63, 3.8) is 0 Å². The topological polar surface area (TPSA) is 99.3 Å². The maximum absolute atomic E-state index is 12.9. The minimum absolute atomic E-state index is 0.166. The quantitative estimate of drug-likeness (QED) is 0.405. The number of sulfonamides is 1. The third-order valence-corrected chi connectivity index (χ3v) is 7.02. The Labute approximate surface area is 191 Å². The summed E-state index contributed by atoms with van der Waals surface area (Å²) < 4.78 is 26.0. The van der Waals surface area contributed by atoms with Gasteiger partial charge < -0.3 is 10.1 Å². The zero-order valence-corrected chi connectivity index (χ0v) is 19.3. The van der Waals surface area contributed by atoms with Crippen LogP contribution in [0.4, 0.5) is 5.69 Å². The van der Waals surface area contributed by atoms with E-state index in [0.717, 1.165) is 5.56 Å². The fourth-order valence-corrected chi connectivity index (χ4v) is 4.49. The number of benzene rings is 2. The summed E-state index contributed by atoms with van der Waals surface area (Å²) in [5, 5.41) is 9.87. The van der Waals surface area contributed by atoms with E-state index in [1.165, 1.54) is 0 Å². The van der Waals surface area contributed by atoms with Gasteiger partial charge >= 0.3 is 0 Å². The van der Waals surface area contributed by atoms with E-state index in [9.17, 15) is 13.2 Å². The van der Waals surface area contributed by atoms with Crippen molar-refractivity contribution in [1.29, 1.82) is 0 Å². The van der Waals surface area contributed by atoms with Gasteiger partial charge in [0.15, 0.2) is 0 Å². The van der Waals surface area contributed by atoms with Crippen LogP contribution in [0.25, 0.3) is 0 Å². The number of aliphatic hydroxyl groups is 1. The van der Waals surface area contributed by atoms with Crippen LogP contribution < -0.4 is 4.72 Å². The molecule has 3 aromatic rings. The summed E-state index contributed by atoms with van der Waals surface area (Å²) in [6.07, 6.45) is 0. The number of halogens is 2. The molecular formula is C22H22Cl2N2O4S. The molecule has 0 aliphatic heterocycles. The normalized spacial score (nSPS) is 12.5. The van der Waals surface area contributed by atoms with Crippen LogP contribution in [0.5, 0.6) is 0 Å². The van der Waals surface area contributed by atoms with E-state index < -0.39 is 16.6 Å². The van der Waals surface area contributed by atoms with Gasteiger partial charge in [-0.2, -0.15) is 0 Å². The lowest BCUT2D eigenvalue weighted by Gasteiger charge is -2.13. The number of anilines is 1. The number of hydrogen-bond acceptors (Lipinski definition) is 4. The summed E-state index contributed by atoms with van der Waals surface area (Å²) in [6, 6.07) is 13.5. The average Bonchev–Trinajstić information content (AvgIpc) is 3.02. The second-order valence-corrected chi connectivity index (χ2v) is 9.83. The number of carbonyl (C=O) groups is 1. The highest BCUT2D eigenvalue weighted by Gasteiger charge is 2.23. The van der Waals surface area contributed by atoms with Crippen LogP contribution in [0.2, 0.25) is 10.0 Å². The Morgan fingerprint density at radius 3 is 2.29 bits per heavy atom. The standard InChI is InChI=1S/C22H22Cl2N2O4S/c1-13(15-5-9-18(10-6-15)26-31(29,30)12-11-27)20-19(24)14(2)21(25-20)22(28)16-3-7-17(23)8-4-16/h3-10,13,25-27H,11-12H2,1-2H3. The predicted octanol–water partition coefficient (Wildman–Crippen LogP) is 4.75. The van der Waals surface area contributed by atoms with E-state index in [1.807, 2.05) is 6.92 Å². The first-order chi connectivity index (χ1) is 14.6. The van der Waals surface area contributed by atoms with Crippen molar-refractivity contribution in [3.8, 4) is 0 Å². The molecule has 0 amide bonds. The third kappa shape index (κ3) is 5.30. The van der Waals surface area contributed by atoms with Crippen LogP contribution in [0.3, 0.4) is 0 Å². The first-order valence-electron chi connectivity index (χ1n) is 9.52. The second-order valence-electron chi connectivity index (χ2n) is 7.18. The molecule has 1 heterocycles. The molecule has 164 valence electrons. The van der Waals surface area contributed by atoms with Gasteiger partial charge in [-0.25, -0.2) is 8.42 Å². The van der Waals surface area contributed by atoms with E-state index in [2.05, 4.69) is 9.71 Å². The first kappa shape index (κ1) is 23.3. The van der Waals surface area contributed by atoms with E-state index in [1.54, 1.807) is 55.5 Å².